The summed E-state index contributed by atoms with van der Waals surface area (Å²) in [4.78, 5) is 11.1. The van der Waals surface area contributed by atoms with Crippen LogP contribution < -0.4 is 9.46 Å². The van der Waals surface area contributed by atoms with Gasteiger partial charge in [-0.15, -0.1) is 0 Å². The van der Waals surface area contributed by atoms with Crippen LogP contribution in [0.4, 0.5) is 5.69 Å². The van der Waals surface area contributed by atoms with E-state index in [9.17, 15) is 13.2 Å². The molecule has 1 aliphatic rings. The van der Waals surface area contributed by atoms with E-state index < -0.39 is 16.2 Å². The van der Waals surface area contributed by atoms with Crippen molar-refractivity contribution in [2.24, 2.45) is 0 Å². The quantitative estimate of drug-likeness (QED) is 0.686. The summed E-state index contributed by atoms with van der Waals surface area (Å²) >= 11 is 0. The molecule has 9 heteroatoms. The van der Waals surface area contributed by atoms with Gasteiger partial charge in [0, 0.05) is 20.2 Å². The van der Waals surface area contributed by atoms with Gasteiger partial charge in [0.1, 0.15) is 12.4 Å². The molecule has 1 aliphatic heterocycles. The zero-order chi connectivity index (χ0) is 16.9. The van der Waals surface area contributed by atoms with Crippen LogP contribution in [-0.4, -0.2) is 57.2 Å². The fourth-order valence-corrected chi connectivity index (χ4v) is 3.54. The highest BCUT2D eigenvalue weighted by Crippen LogP contribution is 2.28. The van der Waals surface area contributed by atoms with E-state index in [1.54, 1.807) is 0 Å². The van der Waals surface area contributed by atoms with Gasteiger partial charge in [0.2, 0.25) is 0 Å². The lowest BCUT2D eigenvalue weighted by Gasteiger charge is -2.19. The lowest BCUT2D eigenvalue weighted by Crippen LogP contribution is -2.33. The minimum absolute atomic E-state index is 0.0153. The van der Waals surface area contributed by atoms with Gasteiger partial charge in [-0.05, 0) is 31.0 Å². The second kappa shape index (κ2) is 7.62. The van der Waals surface area contributed by atoms with Gasteiger partial charge in [0.05, 0.1) is 17.9 Å². The van der Waals surface area contributed by atoms with Crippen molar-refractivity contribution in [1.29, 1.82) is 0 Å². The van der Waals surface area contributed by atoms with Crippen LogP contribution in [0.25, 0.3) is 0 Å². The van der Waals surface area contributed by atoms with Crippen LogP contribution in [-0.2, 0) is 14.9 Å². The first kappa shape index (κ1) is 17.5. The van der Waals surface area contributed by atoms with E-state index in [1.165, 1.54) is 29.6 Å². The Labute approximate surface area is 135 Å². The number of benzene rings is 1. The molecule has 0 amide bonds. The van der Waals surface area contributed by atoms with Crippen LogP contribution in [0.3, 0.4) is 0 Å². The molecule has 0 bridgehead atoms. The smallest absolute Gasteiger partial charge is 0.335 e. The first-order chi connectivity index (χ1) is 10.9. The summed E-state index contributed by atoms with van der Waals surface area (Å²) in [5, 5.41) is 9.05. The topological polar surface area (TPSA) is 105 Å². The number of ether oxygens (including phenoxy) is 2. The van der Waals surface area contributed by atoms with E-state index in [1.807, 2.05) is 0 Å². The maximum absolute atomic E-state index is 12.3. The Morgan fingerprint density at radius 1 is 1.30 bits per heavy atom. The number of nitrogens with zero attached hydrogens (tertiary/aromatic N) is 1. The number of carboxylic acids is 1. The molecule has 0 radical (unpaired) electrons. The van der Waals surface area contributed by atoms with Crippen molar-refractivity contribution < 1.29 is 27.8 Å². The highest BCUT2D eigenvalue weighted by atomic mass is 32.2. The lowest BCUT2D eigenvalue weighted by atomic mass is 10.2. The van der Waals surface area contributed by atoms with Gasteiger partial charge in [-0.3, -0.25) is 4.72 Å². The summed E-state index contributed by atoms with van der Waals surface area (Å²) in [5.74, 6) is -0.958. The number of carbonyl (C=O) groups is 1. The summed E-state index contributed by atoms with van der Waals surface area (Å²) in [7, 11) is -2.17. The molecule has 0 atom stereocenters. The average Bonchev–Trinajstić information content (AvgIpc) is 3.03. The largest absolute Gasteiger partial charge is 0.489 e. The fraction of sp³-hybridized carbons (Fsp3) is 0.500. The van der Waals surface area contributed by atoms with Crippen LogP contribution in [0.15, 0.2) is 18.2 Å². The summed E-state index contributed by atoms with van der Waals surface area (Å²) in [6.07, 6.45) is 1.66. The maximum Gasteiger partial charge on any atom is 0.335 e. The molecule has 8 nitrogen and oxygen atoms in total. The van der Waals surface area contributed by atoms with Crippen molar-refractivity contribution in [2.75, 3.05) is 38.1 Å². The molecular formula is C14H20N2O6S. The number of rotatable bonds is 8. The third-order valence-electron chi connectivity index (χ3n) is 3.42. The number of carboxylic acid groups (broad SMARTS) is 1. The van der Waals surface area contributed by atoms with Gasteiger partial charge in [-0.2, -0.15) is 12.7 Å². The minimum Gasteiger partial charge on any atom is -0.489 e. The molecule has 1 aromatic rings. The zero-order valence-electron chi connectivity index (χ0n) is 12.8. The van der Waals surface area contributed by atoms with Gasteiger partial charge in [0.15, 0.2) is 0 Å². The first-order valence-corrected chi connectivity index (χ1v) is 8.65. The van der Waals surface area contributed by atoms with Crippen molar-refractivity contribution in [3.8, 4) is 5.75 Å². The van der Waals surface area contributed by atoms with Gasteiger partial charge in [-0.25, -0.2) is 4.79 Å². The number of aromatic carboxylic acids is 1. The standard InChI is InChI=1S/C14H20N2O6S/c1-21-8-9-22-13-10-11(14(17)18)4-5-12(13)15-23(19,20)16-6-2-3-7-16/h4-5,10,15H,2-3,6-9H2,1H3,(H,17,18). The Hall–Kier alpha value is -1.84. The normalized spacial score (nSPS) is 15.5. The van der Waals surface area contributed by atoms with Crippen molar-refractivity contribution in [1.82, 2.24) is 4.31 Å². The molecule has 1 saturated heterocycles. The number of anilines is 1. The number of hydrogen-bond acceptors (Lipinski definition) is 5. The predicted octanol–water partition coefficient (Wildman–Crippen LogP) is 1.16. The fourth-order valence-electron chi connectivity index (χ4n) is 2.23. The molecule has 1 heterocycles. The second-order valence-electron chi connectivity index (χ2n) is 5.07. The van der Waals surface area contributed by atoms with E-state index in [0.29, 0.717) is 19.7 Å². The van der Waals surface area contributed by atoms with Crippen molar-refractivity contribution in [3.05, 3.63) is 23.8 Å². The molecule has 2 rings (SSSR count). The molecule has 1 aromatic carbocycles. The lowest BCUT2D eigenvalue weighted by molar-refractivity contribution is 0.0696. The van der Waals surface area contributed by atoms with Gasteiger partial charge >= 0.3 is 16.2 Å². The summed E-state index contributed by atoms with van der Waals surface area (Å²) in [6, 6.07) is 4.01. The van der Waals surface area contributed by atoms with E-state index in [2.05, 4.69) is 4.72 Å². The molecule has 0 unspecified atom stereocenters. The van der Waals surface area contributed by atoms with Crippen molar-refractivity contribution >= 4 is 21.9 Å². The molecule has 0 spiro atoms. The van der Waals surface area contributed by atoms with Crippen LogP contribution in [0.1, 0.15) is 23.2 Å². The third kappa shape index (κ3) is 4.57. The molecule has 2 N–H and O–H groups in total. The highest BCUT2D eigenvalue weighted by Gasteiger charge is 2.26. The Bertz CT molecular complexity index is 655. The predicted molar refractivity (Wildman–Crippen MR) is 84.1 cm³/mol. The molecule has 128 valence electrons. The monoisotopic (exact) mass is 344 g/mol. The van der Waals surface area contributed by atoms with Crippen LogP contribution in [0, 0.1) is 0 Å². The Morgan fingerprint density at radius 2 is 2.00 bits per heavy atom. The second-order valence-corrected chi connectivity index (χ2v) is 6.74. The van der Waals surface area contributed by atoms with Crippen LogP contribution in [0.5, 0.6) is 5.75 Å². The maximum atomic E-state index is 12.3. The molecule has 0 aromatic heterocycles. The highest BCUT2D eigenvalue weighted by molar-refractivity contribution is 7.90. The van der Waals surface area contributed by atoms with Crippen molar-refractivity contribution in [3.63, 3.8) is 0 Å². The number of hydrogen-bond donors (Lipinski definition) is 2. The van der Waals surface area contributed by atoms with Gasteiger partial charge in [-0.1, -0.05) is 0 Å². The molecule has 1 fully saturated rings. The van der Waals surface area contributed by atoms with E-state index in [0.717, 1.165) is 12.8 Å². The molecule has 0 aliphatic carbocycles. The molecule has 23 heavy (non-hydrogen) atoms. The average molecular weight is 344 g/mol. The molecule has 0 saturated carbocycles. The first-order valence-electron chi connectivity index (χ1n) is 7.21. The summed E-state index contributed by atoms with van der Waals surface area (Å²) < 4.78 is 38.8. The Kier molecular flexibility index (Phi) is 5.80. The minimum atomic E-state index is -3.67. The third-order valence-corrected chi connectivity index (χ3v) is 4.94. The summed E-state index contributed by atoms with van der Waals surface area (Å²) in [5.41, 5.74) is 0.222. The van der Waals surface area contributed by atoms with Gasteiger partial charge < -0.3 is 14.6 Å². The van der Waals surface area contributed by atoms with E-state index in [4.69, 9.17) is 14.6 Å². The van der Waals surface area contributed by atoms with Crippen molar-refractivity contribution in [2.45, 2.75) is 12.8 Å². The Morgan fingerprint density at radius 3 is 2.61 bits per heavy atom. The SMILES string of the molecule is COCCOc1cc(C(=O)O)ccc1NS(=O)(=O)N1CCCC1. The van der Waals surface area contributed by atoms with Crippen LogP contribution in [0.2, 0.25) is 0 Å². The zero-order valence-corrected chi connectivity index (χ0v) is 13.6. The van der Waals surface area contributed by atoms with Gasteiger partial charge in [0.25, 0.3) is 0 Å². The molecular weight excluding hydrogens is 324 g/mol. The van der Waals surface area contributed by atoms with E-state index >= 15 is 0 Å². The number of methoxy groups -OCH3 is 1. The Balaban J connectivity index is 2.23. The van der Waals surface area contributed by atoms with E-state index in [-0.39, 0.29) is 23.6 Å². The summed E-state index contributed by atoms with van der Waals surface area (Å²) in [6.45, 7) is 1.43. The van der Waals surface area contributed by atoms with Crippen LogP contribution >= 0.6 is 0 Å². The number of nitrogens with one attached hydrogen (secondary N) is 1.